The van der Waals surface area contributed by atoms with Crippen LogP contribution in [0.15, 0.2) is 6.20 Å². The third kappa shape index (κ3) is 3.39. The van der Waals surface area contributed by atoms with Gasteiger partial charge in [0.05, 0.1) is 12.3 Å². The third-order valence-electron chi connectivity index (χ3n) is 3.97. The average Bonchev–Trinajstić information content (AvgIpc) is 2.80. The lowest BCUT2D eigenvalue weighted by molar-refractivity contribution is 0.0522. The predicted octanol–water partition coefficient (Wildman–Crippen LogP) is 2.36. The molecule has 112 valence electrons. The van der Waals surface area contributed by atoms with Gasteiger partial charge in [0.25, 0.3) is 0 Å². The van der Waals surface area contributed by atoms with Crippen molar-refractivity contribution in [2.75, 3.05) is 13.2 Å². The number of aryl methyl sites for hydroxylation is 1. The molecule has 1 aliphatic heterocycles. The lowest BCUT2D eigenvalue weighted by Crippen LogP contribution is -2.38. The molecule has 1 atom stereocenters. The van der Waals surface area contributed by atoms with Crippen LogP contribution < -0.4 is 0 Å². The van der Waals surface area contributed by atoms with Gasteiger partial charge in [-0.25, -0.2) is 4.79 Å². The first kappa shape index (κ1) is 15.0. The topological polar surface area (TPSA) is 47.4 Å². The summed E-state index contributed by atoms with van der Waals surface area (Å²) in [6.07, 6.45) is 6.71. The van der Waals surface area contributed by atoms with E-state index in [2.05, 4.69) is 16.9 Å². The molecule has 0 bridgehead atoms. The maximum atomic E-state index is 12.0. The monoisotopic (exact) mass is 279 g/mol. The summed E-state index contributed by atoms with van der Waals surface area (Å²) in [6, 6.07) is 0.612. The summed E-state index contributed by atoms with van der Waals surface area (Å²) in [5, 5.41) is 4.45. The van der Waals surface area contributed by atoms with Gasteiger partial charge in [-0.2, -0.15) is 5.10 Å². The molecule has 2 rings (SSSR count). The molecule has 5 heteroatoms. The molecule has 1 aromatic rings. The number of likely N-dealkylation sites (tertiary alicyclic amines) is 1. The third-order valence-corrected chi connectivity index (χ3v) is 3.97. The van der Waals surface area contributed by atoms with Gasteiger partial charge in [0.1, 0.15) is 5.56 Å². The number of esters is 1. The molecule has 0 saturated carbocycles. The summed E-state index contributed by atoms with van der Waals surface area (Å²) in [5.74, 6) is -0.263. The Morgan fingerprint density at radius 2 is 2.25 bits per heavy atom. The first-order valence-corrected chi connectivity index (χ1v) is 7.59. The van der Waals surface area contributed by atoms with Crippen molar-refractivity contribution in [3.63, 3.8) is 0 Å². The van der Waals surface area contributed by atoms with Crippen LogP contribution in [0.3, 0.4) is 0 Å². The molecule has 1 fully saturated rings. The first-order valence-electron chi connectivity index (χ1n) is 7.59. The maximum absolute atomic E-state index is 12.0. The summed E-state index contributed by atoms with van der Waals surface area (Å²) >= 11 is 0. The Labute approximate surface area is 120 Å². The number of rotatable bonds is 5. The minimum absolute atomic E-state index is 0.263. The largest absolute Gasteiger partial charge is 0.462 e. The van der Waals surface area contributed by atoms with Crippen LogP contribution in [0.2, 0.25) is 0 Å². The van der Waals surface area contributed by atoms with Crippen molar-refractivity contribution in [1.29, 1.82) is 0 Å². The Bertz CT molecular complexity index is 456. The highest BCUT2D eigenvalue weighted by Crippen LogP contribution is 2.22. The normalized spacial score (nSPS) is 20.1. The fourth-order valence-corrected chi connectivity index (χ4v) is 2.95. The van der Waals surface area contributed by atoms with Gasteiger partial charge in [0.15, 0.2) is 0 Å². The molecular formula is C15H25N3O2. The second kappa shape index (κ2) is 6.88. The molecule has 1 aromatic heterocycles. The quantitative estimate of drug-likeness (QED) is 0.776. The van der Waals surface area contributed by atoms with Crippen LogP contribution in [0.1, 0.15) is 55.6 Å². The Morgan fingerprint density at radius 1 is 1.45 bits per heavy atom. The lowest BCUT2D eigenvalue weighted by atomic mass is 9.99. The van der Waals surface area contributed by atoms with Crippen LogP contribution in [-0.4, -0.2) is 39.8 Å². The van der Waals surface area contributed by atoms with Gasteiger partial charge in [0.2, 0.25) is 0 Å². The Morgan fingerprint density at radius 3 is 2.95 bits per heavy atom. The van der Waals surface area contributed by atoms with E-state index in [9.17, 15) is 4.79 Å². The van der Waals surface area contributed by atoms with Crippen LogP contribution in [-0.2, 0) is 18.3 Å². The molecule has 0 spiro atoms. The van der Waals surface area contributed by atoms with E-state index >= 15 is 0 Å². The van der Waals surface area contributed by atoms with Gasteiger partial charge >= 0.3 is 5.97 Å². The van der Waals surface area contributed by atoms with E-state index in [-0.39, 0.29) is 5.97 Å². The average molecular weight is 279 g/mol. The molecule has 20 heavy (non-hydrogen) atoms. The predicted molar refractivity (Wildman–Crippen MR) is 77.5 cm³/mol. The van der Waals surface area contributed by atoms with Gasteiger partial charge in [-0.3, -0.25) is 9.58 Å². The summed E-state index contributed by atoms with van der Waals surface area (Å²) in [7, 11) is 1.85. The Kier molecular flexibility index (Phi) is 5.17. The fourth-order valence-electron chi connectivity index (χ4n) is 2.95. The molecule has 1 aliphatic rings. The van der Waals surface area contributed by atoms with E-state index in [4.69, 9.17) is 4.74 Å². The second-order valence-electron chi connectivity index (χ2n) is 5.41. The van der Waals surface area contributed by atoms with E-state index in [0.717, 1.165) is 25.2 Å². The van der Waals surface area contributed by atoms with Crippen LogP contribution in [0.25, 0.3) is 0 Å². The smallest absolute Gasteiger partial charge is 0.341 e. The van der Waals surface area contributed by atoms with Crippen LogP contribution in [0.4, 0.5) is 0 Å². The number of ether oxygens (including phenoxy) is 1. The van der Waals surface area contributed by atoms with Crippen LogP contribution in [0, 0.1) is 0 Å². The van der Waals surface area contributed by atoms with Crippen molar-refractivity contribution in [2.24, 2.45) is 7.05 Å². The maximum Gasteiger partial charge on any atom is 0.341 e. The summed E-state index contributed by atoms with van der Waals surface area (Å²) < 4.78 is 6.81. The van der Waals surface area contributed by atoms with Gasteiger partial charge in [0, 0.05) is 25.8 Å². The van der Waals surface area contributed by atoms with Crippen molar-refractivity contribution in [1.82, 2.24) is 14.7 Å². The molecule has 0 radical (unpaired) electrons. The molecule has 1 saturated heterocycles. The zero-order valence-corrected chi connectivity index (χ0v) is 12.8. The second-order valence-corrected chi connectivity index (χ2v) is 5.41. The lowest BCUT2D eigenvalue weighted by Gasteiger charge is -2.34. The van der Waals surface area contributed by atoms with Crippen molar-refractivity contribution in [3.8, 4) is 0 Å². The van der Waals surface area contributed by atoms with E-state index in [1.54, 1.807) is 10.9 Å². The fraction of sp³-hybridized carbons (Fsp3) is 0.733. The number of hydrogen-bond acceptors (Lipinski definition) is 4. The Balaban J connectivity index is 2.13. The summed E-state index contributed by atoms with van der Waals surface area (Å²) in [4.78, 5) is 14.4. The molecule has 0 aliphatic carbocycles. The van der Waals surface area contributed by atoms with Crippen molar-refractivity contribution >= 4 is 5.97 Å². The number of hydrogen-bond donors (Lipinski definition) is 0. The minimum Gasteiger partial charge on any atom is -0.462 e. The van der Waals surface area contributed by atoms with Crippen molar-refractivity contribution in [2.45, 2.75) is 52.1 Å². The standard InChI is InChI=1S/C15H25N3O2/c1-4-12-8-6-7-9-18(12)11-14-13(10-17(3)16-14)15(19)20-5-2/h10,12H,4-9,11H2,1-3H3. The van der Waals surface area contributed by atoms with Gasteiger partial charge in [-0.15, -0.1) is 0 Å². The zero-order valence-electron chi connectivity index (χ0n) is 12.8. The molecule has 0 aromatic carbocycles. The van der Waals surface area contributed by atoms with Crippen molar-refractivity contribution in [3.05, 3.63) is 17.5 Å². The van der Waals surface area contributed by atoms with Crippen LogP contribution >= 0.6 is 0 Å². The van der Waals surface area contributed by atoms with E-state index in [0.29, 0.717) is 18.2 Å². The Hall–Kier alpha value is -1.36. The SMILES string of the molecule is CCOC(=O)c1cn(C)nc1CN1CCCCC1CC. The van der Waals surface area contributed by atoms with Gasteiger partial charge < -0.3 is 4.74 Å². The molecular weight excluding hydrogens is 254 g/mol. The summed E-state index contributed by atoms with van der Waals surface area (Å²) in [6.45, 7) is 6.29. The van der Waals surface area contributed by atoms with Gasteiger partial charge in [-0.05, 0) is 32.7 Å². The first-order chi connectivity index (χ1) is 9.65. The number of carbonyl (C=O) groups excluding carboxylic acids is 1. The molecule has 2 heterocycles. The highest BCUT2D eigenvalue weighted by Gasteiger charge is 2.24. The molecule has 0 N–H and O–H groups in total. The van der Waals surface area contributed by atoms with E-state index < -0.39 is 0 Å². The molecule has 0 amide bonds. The number of piperidine rings is 1. The number of carbonyl (C=O) groups is 1. The zero-order chi connectivity index (χ0) is 14.5. The van der Waals surface area contributed by atoms with Gasteiger partial charge in [-0.1, -0.05) is 13.3 Å². The molecule has 1 unspecified atom stereocenters. The van der Waals surface area contributed by atoms with E-state index in [1.807, 2.05) is 14.0 Å². The minimum atomic E-state index is -0.263. The highest BCUT2D eigenvalue weighted by molar-refractivity contribution is 5.90. The highest BCUT2D eigenvalue weighted by atomic mass is 16.5. The number of aromatic nitrogens is 2. The van der Waals surface area contributed by atoms with Crippen LogP contribution in [0.5, 0.6) is 0 Å². The molecule has 5 nitrogen and oxygen atoms in total. The van der Waals surface area contributed by atoms with E-state index in [1.165, 1.54) is 19.3 Å². The summed E-state index contributed by atoms with van der Waals surface area (Å²) in [5.41, 5.74) is 1.45. The number of nitrogens with zero attached hydrogens (tertiary/aromatic N) is 3. The van der Waals surface area contributed by atoms with Crippen molar-refractivity contribution < 1.29 is 9.53 Å².